The summed E-state index contributed by atoms with van der Waals surface area (Å²) < 4.78 is 13.6. The van der Waals surface area contributed by atoms with Crippen LogP contribution in [0.1, 0.15) is 21.5 Å². The maximum atomic E-state index is 13.3. The van der Waals surface area contributed by atoms with Crippen LogP contribution in [0.15, 0.2) is 34.8 Å². The van der Waals surface area contributed by atoms with Crippen molar-refractivity contribution in [2.45, 2.75) is 13.8 Å². The second kappa shape index (κ2) is 5.94. The van der Waals surface area contributed by atoms with Crippen LogP contribution in [0.4, 0.5) is 10.1 Å². The van der Waals surface area contributed by atoms with Crippen LogP contribution >= 0.6 is 27.5 Å². The molecule has 0 saturated carbocycles. The van der Waals surface area contributed by atoms with E-state index in [9.17, 15) is 9.18 Å². The van der Waals surface area contributed by atoms with Crippen LogP contribution in [0, 0.1) is 19.7 Å². The van der Waals surface area contributed by atoms with Crippen LogP contribution in [0.5, 0.6) is 0 Å². The Labute approximate surface area is 130 Å². The highest BCUT2D eigenvalue weighted by Crippen LogP contribution is 2.25. The summed E-state index contributed by atoms with van der Waals surface area (Å²) in [5.41, 5.74) is 2.55. The van der Waals surface area contributed by atoms with Crippen molar-refractivity contribution in [2.75, 3.05) is 5.32 Å². The van der Waals surface area contributed by atoms with Gasteiger partial charge in [0.15, 0.2) is 0 Å². The molecule has 0 aliphatic heterocycles. The molecule has 0 radical (unpaired) electrons. The van der Waals surface area contributed by atoms with E-state index in [4.69, 9.17) is 11.6 Å². The van der Waals surface area contributed by atoms with Gasteiger partial charge in [-0.3, -0.25) is 4.79 Å². The molecule has 1 amide bonds. The third kappa shape index (κ3) is 3.19. The number of anilines is 1. The van der Waals surface area contributed by atoms with Crippen molar-refractivity contribution in [1.29, 1.82) is 0 Å². The first-order valence-electron chi connectivity index (χ1n) is 5.91. The Hall–Kier alpha value is -1.39. The molecule has 104 valence electrons. The number of hydrogen-bond donors (Lipinski definition) is 1. The molecular weight excluding hydrogens is 345 g/mol. The van der Waals surface area contributed by atoms with Crippen molar-refractivity contribution in [1.82, 2.24) is 0 Å². The molecule has 0 bridgehead atoms. The molecule has 0 aliphatic rings. The van der Waals surface area contributed by atoms with Crippen LogP contribution in [0.3, 0.4) is 0 Å². The van der Waals surface area contributed by atoms with E-state index in [-0.39, 0.29) is 11.7 Å². The van der Waals surface area contributed by atoms with Gasteiger partial charge in [-0.2, -0.15) is 0 Å². The lowest BCUT2D eigenvalue weighted by Gasteiger charge is -2.11. The fourth-order valence-electron chi connectivity index (χ4n) is 1.77. The Bertz CT molecular complexity index is 688. The Morgan fingerprint density at radius 3 is 2.60 bits per heavy atom. The molecule has 0 aromatic heterocycles. The highest BCUT2D eigenvalue weighted by atomic mass is 79.9. The van der Waals surface area contributed by atoms with E-state index in [1.807, 2.05) is 13.0 Å². The Kier molecular flexibility index (Phi) is 4.45. The van der Waals surface area contributed by atoms with Crippen molar-refractivity contribution in [2.24, 2.45) is 0 Å². The molecule has 0 unspecified atom stereocenters. The van der Waals surface area contributed by atoms with Gasteiger partial charge in [-0.1, -0.05) is 17.7 Å². The van der Waals surface area contributed by atoms with Crippen LogP contribution in [-0.2, 0) is 0 Å². The third-order valence-electron chi connectivity index (χ3n) is 2.88. The second-order valence-electron chi connectivity index (χ2n) is 4.52. The fraction of sp³-hybridized carbons (Fsp3) is 0.133. The summed E-state index contributed by atoms with van der Waals surface area (Å²) in [5.74, 6) is -0.689. The molecule has 5 heteroatoms. The van der Waals surface area contributed by atoms with Gasteiger partial charge in [0.25, 0.3) is 5.91 Å². The number of aryl methyl sites for hydroxylation is 2. The maximum absolute atomic E-state index is 13.3. The second-order valence-corrected chi connectivity index (χ2v) is 5.78. The van der Waals surface area contributed by atoms with Gasteiger partial charge >= 0.3 is 0 Å². The first-order valence-corrected chi connectivity index (χ1v) is 7.08. The van der Waals surface area contributed by atoms with Crippen LogP contribution < -0.4 is 5.32 Å². The summed E-state index contributed by atoms with van der Waals surface area (Å²) in [4.78, 5) is 12.2. The van der Waals surface area contributed by atoms with Crippen LogP contribution in [0.25, 0.3) is 0 Å². The molecule has 0 heterocycles. The number of halogens is 3. The van der Waals surface area contributed by atoms with Gasteiger partial charge in [0, 0.05) is 5.69 Å². The lowest BCUT2D eigenvalue weighted by atomic mass is 10.1. The minimum absolute atomic E-state index is 0.299. The zero-order valence-electron chi connectivity index (χ0n) is 10.9. The highest BCUT2D eigenvalue weighted by Gasteiger charge is 2.13. The van der Waals surface area contributed by atoms with Gasteiger partial charge in [0.2, 0.25) is 0 Å². The van der Waals surface area contributed by atoms with Gasteiger partial charge in [-0.25, -0.2) is 4.39 Å². The van der Waals surface area contributed by atoms with Crippen molar-refractivity contribution >= 4 is 39.1 Å². The summed E-state index contributed by atoms with van der Waals surface area (Å²) in [7, 11) is 0. The Balaban J connectivity index is 2.30. The van der Waals surface area contributed by atoms with Crippen molar-refractivity contribution in [3.8, 4) is 0 Å². The molecule has 2 rings (SSSR count). The Morgan fingerprint density at radius 1 is 1.25 bits per heavy atom. The first kappa shape index (κ1) is 15.0. The zero-order chi connectivity index (χ0) is 14.9. The normalized spacial score (nSPS) is 10.4. The monoisotopic (exact) mass is 355 g/mol. The largest absolute Gasteiger partial charge is 0.322 e. The molecule has 2 aromatic rings. The number of carbonyl (C=O) groups excluding carboxylic acids is 1. The average molecular weight is 357 g/mol. The summed E-state index contributed by atoms with van der Waals surface area (Å²) >= 11 is 9.15. The van der Waals surface area contributed by atoms with E-state index in [0.717, 1.165) is 5.56 Å². The first-order chi connectivity index (χ1) is 9.38. The highest BCUT2D eigenvalue weighted by molar-refractivity contribution is 9.10. The van der Waals surface area contributed by atoms with E-state index < -0.39 is 0 Å². The van der Waals surface area contributed by atoms with E-state index >= 15 is 0 Å². The third-order valence-corrected chi connectivity index (χ3v) is 3.81. The molecule has 20 heavy (non-hydrogen) atoms. The summed E-state index contributed by atoms with van der Waals surface area (Å²) in [6.07, 6.45) is 0. The number of nitrogens with one attached hydrogen (secondary N) is 1. The van der Waals surface area contributed by atoms with Crippen LogP contribution in [-0.4, -0.2) is 5.91 Å². The molecule has 0 saturated heterocycles. The minimum atomic E-state index is -0.367. The SMILES string of the molecule is Cc1ccc(C(=O)Nc2cc(Br)c(F)cc2C)c(Cl)c1. The number of rotatable bonds is 2. The quantitative estimate of drug-likeness (QED) is 0.796. The topological polar surface area (TPSA) is 29.1 Å². The molecule has 2 nitrogen and oxygen atoms in total. The standard InChI is InChI=1S/C15H12BrClFNO/c1-8-3-4-10(12(17)5-8)15(20)19-14-7-11(16)13(18)6-9(14)2/h3-7H,1-2H3,(H,19,20). The average Bonchev–Trinajstić information content (AvgIpc) is 2.35. The van der Waals surface area contributed by atoms with Crippen molar-refractivity contribution in [3.63, 3.8) is 0 Å². The molecule has 1 N–H and O–H groups in total. The number of carbonyl (C=O) groups is 1. The number of hydrogen-bond acceptors (Lipinski definition) is 1. The Morgan fingerprint density at radius 2 is 1.95 bits per heavy atom. The molecule has 0 spiro atoms. The number of amides is 1. The summed E-state index contributed by atoms with van der Waals surface area (Å²) in [5, 5.41) is 3.12. The van der Waals surface area contributed by atoms with E-state index in [2.05, 4.69) is 21.2 Å². The minimum Gasteiger partial charge on any atom is -0.322 e. The van der Waals surface area contributed by atoms with Gasteiger partial charge in [-0.15, -0.1) is 0 Å². The predicted octanol–water partition coefficient (Wildman–Crippen LogP) is 5.11. The predicted molar refractivity (Wildman–Crippen MR) is 83.0 cm³/mol. The van der Waals surface area contributed by atoms with Crippen LogP contribution in [0.2, 0.25) is 5.02 Å². The fourth-order valence-corrected chi connectivity index (χ4v) is 2.44. The summed E-state index contributed by atoms with van der Waals surface area (Å²) in [6, 6.07) is 8.10. The van der Waals surface area contributed by atoms with Gasteiger partial charge in [-0.05, 0) is 65.2 Å². The van der Waals surface area contributed by atoms with Gasteiger partial charge < -0.3 is 5.32 Å². The lowest BCUT2D eigenvalue weighted by molar-refractivity contribution is 0.102. The molecule has 0 fully saturated rings. The van der Waals surface area contributed by atoms with E-state index in [1.165, 1.54) is 12.1 Å². The smallest absolute Gasteiger partial charge is 0.257 e. The maximum Gasteiger partial charge on any atom is 0.257 e. The molecule has 0 atom stereocenters. The van der Waals surface area contributed by atoms with Gasteiger partial charge in [0.1, 0.15) is 5.82 Å². The van der Waals surface area contributed by atoms with Crippen molar-refractivity contribution < 1.29 is 9.18 Å². The van der Waals surface area contributed by atoms with Gasteiger partial charge in [0.05, 0.1) is 15.1 Å². The molecule has 0 aliphatic carbocycles. The van der Waals surface area contributed by atoms with E-state index in [0.29, 0.717) is 26.3 Å². The zero-order valence-corrected chi connectivity index (χ0v) is 13.3. The molecular formula is C15H12BrClFNO. The number of benzene rings is 2. The van der Waals surface area contributed by atoms with E-state index in [1.54, 1.807) is 19.1 Å². The van der Waals surface area contributed by atoms with Crippen molar-refractivity contribution in [3.05, 3.63) is 62.3 Å². The molecule has 2 aromatic carbocycles. The lowest BCUT2D eigenvalue weighted by Crippen LogP contribution is -2.13. The summed E-state index contributed by atoms with van der Waals surface area (Å²) in [6.45, 7) is 3.62.